The van der Waals surface area contributed by atoms with Gasteiger partial charge in [0.15, 0.2) is 0 Å². The summed E-state index contributed by atoms with van der Waals surface area (Å²) in [7, 11) is 0. The molecule has 5 nitrogen and oxygen atoms in total. The highest BCUT2D eigenvalue weighted by Gasteiger charge is 2.36. The van der Waals surface area contributed by atoms with Crippen LogP contribution in [0.1, 0.15) is 5.56 Å². The molecule has 0 N–H and O–H groups in total. The van der Waals surface area contributed by atoms with Crippen molar-refractivity contribution >= 4 is 28.3 Å². The summed E-state index contributed by atoms with van der Waals surface area (Å²) in [5, 5.41) is 10.6. The van der Waals surface area contributed by atoms with Gasteiger partial charge in [0, 0.05) is 15.3 Å². The lowest BCUT2D eigenvalue weighted by atomic mass is 10.2. The molecule has 0 unspecified atom stereocenters. The Morgan fingerprint density at radius 3 is 2.56 bits per heavy atom. The molecule has 1 rings (SSSR count). The minimum absolute atomic E-state index is 0.0832. The number of nitrogens with zero attached hydrogens (tertiary/aromatic N) is 2. The summed E-state index contributed by atoms with van der Waals surface area (Å²) >= 11 is 1.73. The first-order valence-corrected chi connectivity index (χ1v) is 4.85. The minimum atomic E-state index is -5.00. The molecule has 0 aliphatic rings. The summed E-state index contributed by atoms with van der Waals surface area (Å²) < 4.78 is 39.7. The average molecular weight is 348 g/mol. The van der Waals surface area contributed by atoms with Gasteiger partial charge in [-0.15, -0.1) is 13.2 Å². The lowest BCUT2D eigenvalue weighted by Crippen LogP contribution is -2.19. The maximum atomic E-state index is 11.9. The van der Waals surface area contributed by atoms with Gasteiger partial charge in [0.2, 0.25) is 0 Å². The summed E-state index contributed by atoms with van der Waals surface area (Å²) in [4.78, 5) is 12.9. The standard InChI is InChI=1S/C7H4F3IN2O3/c1-3-4(11)2-12-6(5(3)13(14)15)16-7(8,9)10/h2H,1H3. The second-order valence-electron chi connectivity index (χ2n) is 2.69. The zero-order valence-corrected chi connectivity index (χ0v) is 9.87. The van der Waals surface area contributed by atoms with Gasteiger partial charge < -0.3 is 4.74 Å². The highest BCUT2D eigenvalue weighted by Crippen LogP contribution is 2.34. The van der Waals surface area contributed by atoms with Crippen LogP contribution in [0.2, 0.25) is 0 Å². The average Bonchev–Trinajstić information content (AvgIpc) is 2.08. The molecule has 0 radical (unpaired) electrons. The Bertz CT molecular complexity index is 436. The van der Waals surface area contributed by atoms with Crippen LogP contribution in [0.25, 0.3) is 0 Å². The molecule has 88 valence electrons. The van der Waals surface area contributed by atoms with Crippen LogP contribution in [0.5, 0.6) is 5.88 Å². The first-order chi connectivity index (χ1) is 7.22. The zero-order valence-electron chi connectivity index (χ0n) is 7.71. The number of alkyl halides is 3. The van der Waals surface area contributed by atoms with E-state index in [0.29, 0.717) is 3.57 Å². The highest BCUT2D eigenvalue weighted by molar-refractivity contribution is 14.1. The lowest BCUT2D eigenvalue weighted by molar-refractivity contribution is -0.389. The van der Waals surface area contributed by atoms with Gasteiger partial charge in [-0.05, 0) is 29.5 Å². The Morgan fingerprint density at radius 1 is 1.56 bits per heavy atom. The van der Waals surface area contributed by atoms with E-state index in [4.69, 9.17) is 0 Å². The number of nitro groups is 1. The summed E-state index contributed by atoms with van der Waals surface area (Å²) in [6.45, 7) is 1.32. The van der Waals surface area contributed by atoms with E-state index in [1.807, 2.05) is 0 Å². The normalized spacial score (nSPS) is 11.3. The number of pyridine rings is 1. The fraction of sp³-hybridized carbons (Fsp3) is 0.286. The molecular formula is C7H4F3IN2O3. The topological polar surface area (TPSA) is 65.3 Å². The van der Waals surface area contributed by atoms with E-state index >= 15 is 0 Å². The Balaban J connectivity index is 3.29. The number of ether oxygens (including phenoxy) is 1. The molecule has 0 aromatic carbocycles. The van der Waals surface area contributed by atoms with Crippen molar-refractivity contribution in [3.05, 3.63) is 25.4 Å². The van der Waals surface area contributed by atoms with E-state index < -0.39 is 22.9 Å². The lowest BCUT2D eigenvalue weighted by Gasteiger charge is -2.09. The third-order valence-electron chi connectivity index (χ3n) is 1.61. The number of halogens is 4. The first kappa shape index (κ1) is 12.9. The van der Waals surface area contributed by atoms with Gasteiger partial charge in [0.25, 0.3) is 0 Å². The number of hydrogen-bond donors (Lipinski definition) is 0. The molecule has 0 bridgehead atoms. The molecule has 0 aliphatic heterocycles. The molecule has 9 heteroatoms. The molecule has 0 spiro atoms. The van der Waals surface area contributed by atoms with E-state index in [9.17, 15) is 23.3 Å². The van der Waals surface area contributed by atoms with Crippen LogP contribution < -0.4 is 4.74 Å². The van der Waals surface area contributed by atoms with E-state index in [2.05, 4.69) is 9.72 Å². The minimum Gasteiger partial charge on any atom is -0.381 e. The molecular weight excluding hydrogens is 344 g/mol. The van der Waals surface area contributed by atoms with Crippen molar-refractivity contribution in [2.24, 2.45) is 0 Å². The van der Waals surface area contributed by atoms with E-state index in [1.165, 1.54) is 6.92 Å². The summed E-state index contributed by atoms with van der Waals surface area (Å²) in [5.74, 6) is -1.05. The largest absolute Gasteiger partial charge is 0.574 e. The Hall–Kier alpha value is -1.13. The number of aromatic nitrogens is 1. The van der Waals surface area contributed by atoms with Gasteiger partial charge in [-0.1, -0.05) is 0 Å². The Morgan fingerprint density at radius 2 is 2.12 bits per heavy atom. The third kappa shape index (κ3) is 2.93. The van der Waals surface area contributed by atoms with E-state index in [-0.39, 0.29) is 5.56 Å². The van der Waals surface area contributed by atoms with Crippen LogP contribution in [0.15, 0.2) is 6.20 Å². The van der Waals surface area contributed by atoms with Gasteiger partial charge in [-0.3, -0.25) is 10.1 Å². The molecule has 1 aromatic rings. The van der Waals surface area contributed by atoms with Crippen molar-refractivity contribution in [3.8, 4) is 5.88 Å². The molecule has 0 amide bonds. The fourth-order valence-electron chi connectivity index (χ4n) is 0.946. The first-order valence-electron chi connectivity index (χ1n) is 3.77. The third-order valence-corrected chi connectivity index (χ3v) is 2.69. The van der Waals surface area contributed by atoms with Gasteiger partial charge in [-0.2, -0.15) is 0 Å². The molecule has 1 heterocycles. The predicted molar refractivity (Wildman–Crippen MR) is 55.0 cm³/mol. The Labute approximate surface area is 101 Å². The summed E-state index contributed by atoms with van der Waals surface area (Å²) in [5.41, 5.74) is -0.691. The maximum absolute atomic E-state index is 11.9. The van der Waals surface area contributed by atoms with Crippen LogP contribution in [0.4, 0.5) is 18.9 Å². The zero-order chi connectivity index (χ0) is 12.5. The van der Waals surface area contributed by atoms with Crippen LogP contribution >= 0.6 is 22.6 Å². The van der Waals surface area contributed by atoms with Crippen LogP contribution in [-0.4, -0.2) is 16.3 Å². The highest BCUT2D eigenvalue weighted by atomic mass is 127. The van der Waals surface area contributed by atoms with Crippen molar-refractivity contribution in [2.75, 3.05) is 0 Å². The summed E-state index contributed by atoms with van der Waals surface area (Å²) in [6, 6.07) is 0. The van der Waals surface area contributed by atoms with Crippen LogP contribution in [-0.2, 0) is 0 Å². The molecule has 0 aliphatic carbocycles. The van der Waals surface area contributed by atoms with Gasteiger partial charge >= 0.3 is 17.9 Å². The maximum Gasteiger partial charge on any atom is 0.574 e. The second-order valence-corrected chi connectivity index (χ2v) is 3.85. The predicted octanol–water partition coefficient (Wildman–Crippen LogP) is 2.80. The van der Waals surface area contributed by atoms with Crippen molar-refractivity contribution in [3.63, 3.8) is 0 Å². The van der Waals surface area contributed by atoms with Crippen molar-refractivity contribution in [2.45, 2.75) is 13.3 Å². The molecule has 1 aromatic heterocycles. The molecule has 16 heavy (non-hydrogen) atoms. The monoisotopic (exact) mass is 348 g/mol. The van der Waals surface area contributed by atoms with Crippen molar-refractivity contribution < 1.29 is 22.8 Å². The SMILES string of the molecule is Cc1c(I)cnc(OC(F)(F)F)c1[N+](=O)[O-]. The number of hydrogen-bond acceptors (Lipinski definition) is 4. The van der Waals surface area contributed by atoms with Crippen LogP contribution in [0, 0.1) is 20.6 Å². The van der Waals surface area contributed by atoms with Gasteiger partial charge in [0.05, 0.1) is 4.92 Å². The second kappa shape index (κ2) is 4.39. The number of rotatable bonds is 2. The van der Waals surface area contributed by atoms with Gasteiger partial charge in [-0.25, -0.2) is 4.98 Å². The quantitative estimate of drug-likeness (QED) is 0.468. The van der Waals surface area contributed by atoms with E-state index in [1.54, 1.807) is 22.6 Å². The van der Waals surface area contributed by atoms with E-state index in [0.717, 1.165) is 6.20 Å². The van der Waals surface area contributed by atoms with Crippen molar-refractivity contribution in [1.82, 2.24) is 4.98 Å². The molecule has 0 saturated carbocycles. The molecule has 0 atom stereocenters. The molecule has 0 fully saturated rings. The van der Waals surface area contributed by atoms with Crippen LogP contribution in [0.3, 0.4) is 0 Å². The molecule has 0 saturated heterocycles. The van der Waals surface area contributed by atoms with Crippen molar-refractivity contribution in [1.29, 1.82) is 0 Å². The summed E-state index contributed by atoms with van der Waals surface area (Å²) in [6.07, 6.45) is -3.93. The smallest absolute Gasteiger partial charge is 0.381 e. The Kier molecular flexibility index (Phi) is 3.55. The fourth-order valence-corrected chi connectivity index (χ4v) is 1.34. The van der Waals surface area contributed by atoms with Gasteiger partial charge in [0.1, 0.15) is 0 Å².